The van der Waals surface area contributed by atoms with Gasteiger partial charge in [0.15, 0.2) is 0 Å². The average molecular weight is 440 g/mol. The molecule has 1 unspecified atom stereocenters. The van der Waals surface area contributed by atoms with Crippen molar-refractivity contribution < 1.29 is 22.3 Å². The van der Waals surface area contributed by atoms with Gasteiger partial charge in [-0.25, -0.2) is 12.8 Å². The Kier molecular flexibility index (Phi) is 6.01. The van der Waals surface area contributed by atoms with E-state index in [4.69, 9.17) is 4.74 Å². The highest BCUT2D eigenvalue weighted by atomic mass is 32.2. The van der Waals surface area contributed by atoms with Crippen LogP contribution in [0.4, 0.5) is 10.1 Å². The van der Waals surface area contributed by atoms with Crippen LogP contribution in [0.2, 0.25) is 0 Å². The maximum Gasteiger partial charge on any atom is 0.261 e. The van der Waals surface area contributed by atoms with Crippen molar-refractivity contribution in [1.29, 1.82) is 0 Å². The molecule has 0 aliphatic carbocycles. The third kappa shape index (κ3) is 4.92. The smallest absolute Gasteiger partial charge is 0.261 e. The van der Waals surface area contributed by atoms with Crippen molar-refractivity contribution in [2.75, 3.05) is 24.4 Å². The molecule has 3 aromatic carbocycles. The summed E-state index contributed by atoms with van der Waals surface area (Å²) in [5.41, 5.74) is 1.65. The molecule has 1 fully saturated rings. The Morgan fingerprint density at radius 3 is 2.32 bits per heavy atom. The van der Waals surface area contributed by atoms with Crippen LogP contribution < -0.4 is 4.72 Å². The molecule has 1 N–H and O–H groups in total. The second-order valence-electron chi connectivity index (χ2n) is 7.16. The topological polar surface area (TPSA) is 75.7 Å². The Morgan fingerprint density at radius 1 is 0.968 bits per heavy atom. The highest BCUT2D eigenvalue weighted by molar-refractivity contribution is 7.92. The lowest BCUT2D eigenvalue weighted by Gasteiger charge is -2.33. The zero-order chi connectivity index (χ0) is 21.8. The van der Waals surface area contributed by atoms with E-state index >= 15 is 0 Å². The van der Waals surface area contributed by atoms with Crippen molar-refractivity contribution in [1.82, 2.24) is 4.90 Å². The van der Waals surface area contributed by atoms with E-state index in [1.807, 2.05) is 0 Å². The Morgan fingerprint density at radius 2 is 1.65 bits per heavy atom. The summed E-state index contributed by atoms with van der Waals surface area (Å²) in [7, 11) is -3.75. The van der Waals surface area contributed by atoms with E-state index in [1.54, 1.807) is 47.4 Å². The van der Waals surface area contributed by atoms with Gasteiger partial charge in [0.25, 0.3) is 15.9 Å². The molecule has 3 aromatic rings. The molecule has 0 spiro atoms. The summed E-state index contributed by atoms with van der Waals surface area (Å²) in [4.78, 5) is 14.7. The zero-order valence-corrected chi connectivity index (χ0v) is 17.4. The number of para-hydroxylation sites is 1. The molecule has 4 rings (SSSR count). The number of nitrogens with zero attached hydrogens (tertiary/aromatic N) is 1. The van der Waals surface area contributed by atoms with Crippen LogP contribution in [0, 0.1) is 5.82 Å². The van der Waals surface area contributed by atoms with E-state index in [0.717, 1.165) is 5.56 Å². The van der Waals surface area contributed by atoms with E-state index < -0.39 is 10.0 Å². The third-order valence-electron chi connectivity index (χ3n) is 5.03. The number of anilines is 1. The van der Waals surface area contributed by atoms with Crippen molar-refractivity contribution in [3.05, 3.63) is 95.8 Å². The molecule has 1 saturated heterocycles. The number of rotatable bonds is 5. The summed E-state index contributed by atoms with van der Waals surface area (Å²) >= 11 is 0. The van der Waals surface area contributed by atoms with E-state index in [-0.39, 0.29) is 22.7 Å². The number of hydrogen-bond donors (Lipinski definition) is 1. The van der Waals surface area contributed by atoms with Crippen molar-refractivity contribution in [2.24, 2.45) is 0 Å². The predicted octanol–water partition coefficient (Wildman–Crippen LogP) is 3.84. The number of morpholine rings is 1. The highest BCUT2D eigenvalue weighted by Gasteiger charge is 2.26. The van der Waals surface area contributed by atoms with Crippen LogP contribution in [0.15, 0.2) is 83.8 Å². The van der Waals surface area contributed by atoms with Crippen LogP contribution in [0.5, 0.6) is 0 Å². The number of carbonyl (C=O) groups excluding carboxylic acids is 1. The molecule has 1 aliphatic heterocycles. The Labute approximate surface area is 180 Å². The maximum absolute atomic E-state index is 13.2. The molecule has 1 atom stereocenters. The second-order valence-corrected chi connectivity index (χ2v) is 8.84. The molecule has 0 saturated carbocycles. The molecular weight excluding hydrogens is 419 g/mol. The number of amides is 1. The highest BCUT2D eigenvalue weighted by Crippen LogP contribution is 2.24. The van der Waals surface area contributed by atoms with Crippen molar-refractivity contribution in [3.63, 3.8) is 0 Å². The fourth-order valence-electron chi connectivity index (χ4n) is 3.39. The molecule has 1 aliphatic rings. The van der Waals surface area contributed by atoms with Crippen molar-refractivity contribution in [2.45, 2.75) is 11.0 Å². The summed E-state index contributed by atoms with van der Waals surface area (Å²) in [5, 5.41) is 0. The molecule has 0 aromatic heterocycles. The van der Waals surface area contributed by atoms with Gasteiger partial charge in [0, 0.05) is 17.8 Å². The molecule has 8 heteroatoms. The van der Waals surface area contributed by atoms with Gasteiger partial charge in [-0.15, -0.1) is 0 Å². The monoisotopic (exact) mass is 440 g/mol. The number of nitrogens with one attached hydrogen (secondary N) is 1. The van der Waals surface area contributed by atoms with Crippen LogP contribution >= 0.6 is 0 Å². The fraction of sp³-hybridized carbons (Fsp3) is 0.174. The first-order valence-electron chi connectivity index (χ1n) is 9.77. The van der Waals surface area contributed by atoms with E-state index in [2.05, 4.69) is 4.72 Å². The third-order valence-corrected chi connectivity index (χ3v) is 6.43. The van der Waals surface area contributed by atoms with Gasteiger partial charge in [-0.3, -0.25) is 9.52 Å². The standard InChI is InChI=1S/C23H21FN2O4S/c24-19-10-6-17(7-11-19)22-16-26(14-15-30-22)23(27)18-8-12-21(13-9-18)31(28,29)25-20-4-2-1-3-5-20/h1-13,22,25H,14-16H2. The molecular formula is C23H21FN2O4S. The Balaban J connectivity index is 1.46. The summed E-state index contributed by atoms with van der Waals surface area (Å²) in [6.07, 6.45) is -0.340. The summed E-state index contributed by atoms with van der Waals surface area (Å²) in [5.74, 6) is -0.542. The van der Waals surface area contributed by atoms with Crippen LogP contribution in [0.25, 0.3) is 0 Å². The number of benzene rings is 3. The normalized spacial score (nSPS) is 16.7. The molecule has 160 valence electrons. The van der Waals surface area contributed by atoms with Gasteiger partial charge in [0.05, 0.1) is 18.0 Å². The van der Waals surface area contributed by atoms with E-state index in [1.165, 1.54) is 36.4 Å². The number of ether oxygens (including phenoxy) is 1. The quantitative estimate of drug-likeness (QED) is 0.654. The summed E-state index contributed by atoms with van der Waals surface area (Å²) < 4.78 is 46.5. The van der Waals surface area contributed by atoms with E-state index in [9.17, 15) is 17.6 Å². The summed E-state index contributed by atoms with van der Waals surface area (Å²) in [6.45, 7) is 1.12. The molecule has 31 heavy (non-hydrogen) atoms. The average Bonchev–Trinajstić information content (AvgIpc) is 2.80. The van der Waals surface area contributed by atoms with Gasteiger partial charge in [-0.05, 0) is 54.1 Å². The lowest BCUT2D eigenvalue weighted by atomic mass is 10.1. The van der Waals surface area contributed by atoms with Crippen LogP contribution in [-0.4, -0.2) is 38.9 Å². The second kappa shape index (κ2) is 8.87. The lowest BCUT2D eigenvalue weighted by molar-refractivity contribution is -0.0228. The Hall–Kier alpha value is -3.23. The first kappa shape index (κ1) is 21.0. The maximum atomic E-state index is 13.2. The van der Waals surface area contributed by atoms with Crippen LogP contribution in [0.3, 0.4) is 0 Å². The van der Waals surface area contributed by atoms with Gasteiger partial charge in [-0.1, -0.05) is 30.3 Å². The number of hydrogen-bond acceptors (Lipinski definition) is 4. The SMILES string of the molecule is O=C(c1ccc(S(=O)(=O)Nc2ccccc2)cc1)N1CCOC(c2ccc(F)cc2)C1. The van der Waals surface area contributed by atoms with Crippen molar-refractivity contribution >= 4 is 21.6 Å². The van der Waals surface area contributed by atoms with Gasteiger partial charge in [0.1, 0.15) is 11.9 Å². The number of sulfonamides is 1. The van der Waals surface area contributed by atoms with Crippen LogP contribution in [-0.2, 0) is 14.8 Å². The molecule has 1 heterocycles. The summed E-state index contributed by atoms with van der Waals surface area (Å²) in [6, 6.07) is 20.4. The molecule has 6 nitrogen and oxygen atoms in total. The minimum absolute atomic E-state index is 0.0686. The molecule has 0 radical (unpaired) electrons. The fourth-order valence-corrected chi connectivity index (χ4v) is 4.45. The minimum atomic E-state index is -3.75. The van der Waals surface area contributed by atoms with E-state index in [0.29, 0.717) is 30.9 Å². The first-order valence-corrected chi connectivity index (χ1v) is 11.2. The first-order chi connectivity index (χ1) is 14.9. The van der Waals surface area contributed by atoms with Gasteiger partial charge < -0.3 is 9.64 Å². The number of carbonyl (C=O) groups is 1. The largest absolute Gasteiger partial charge is 0.370 e. The van der Waals surface area contributed by atoms with Gasteiger partial charge >= 0.3 is 0 Å². The van der Waals surface area contributed by atoms with Gasteiger partial charge in [0.2, 0.25) is 0 Å². The van der Waals surface area contributed by atoms with Gasteiger partial charge in [-0.2, -0.15) is 0 Å². The minimum Gasteiger partial charge on any atom is -0.370 e. The zero-order valence-electron chi connectivity index (χ0n) is 16.6. The van der Waals surface area contributed by atoms with Crippen LogP contribution in [0.1, 0.15) is 22.0 Å². The predicted molar refractivity (Wildman–Crippen MR) is 115 cm³/mol. The van der Waals surface area contributed by atoms with Crippen molar-refractivity contribution in [3.8, 4) is 0 Å². The molecule has 1 amide bonds. The molecule has 0 bridgehead atoms. The lowest BCUT2D eigenvalue weighted by Crippen LogP contribution is -2.42. The number of halogens is 1. The Bertz CT molecular complexity index is 1150.